The van der Waals surface area contributed by atoms with Crippen molar-refractivity contribution >= 4 is 50.8 Å². The van der Waals surface area contributed by atoms with Crippen molar-refractivity contribution in [1.82, 2.24) is 4.98 Å². The number of carbonyl (C=O) groups is 2. The number of hydrogen-bond donors (Lipinski definition) is 0. The van der Waals surface area contributed by atoms with E-state index in [1.165, 1.54) is 4.90 Å². The summed E-state index contributed by atoms with van der Waals surface area (Å²) in [7, 11) is 0. The second-order valence-electron chi connectivity index (χ2n) is 6.35. The molecule has 4 nitrogen and oxygen atoms in total. The fourth-order valence-electron chi connectivity index (χ4n) is 4.28. The van der Waals surface area contributed by atoms with Gasteiger partial charge in [0.2, 0.25) is 11.8 Å². The topological polar surface area (TPSA) is 50.3 Å². The van der Waals surface area contributed by atoms with Gasteiger partial charge in [0.1, 0.15) is 0 Å². The number of thioether (sulfide) groups is 1. The summed E-state index contributed by atoms with van der Waals surface area (Å²) in [6.45, 7) is 0. The van der Waals surface area contributed by atoms with Crippen LogP contribution in [0, 0.1) is 23.7 Å². The van der Waals surface area contributed by atoms with Crippen molar-refractivity contribution in [3.8, 4) is 0 Å². The molecule has 1 aliphatic heterocycles. The first-order valence-electron chi connectivity index (χ1n) is 7.68. The van der Waals surface area contributed by atoms with Gasteiger partial charge in [-0.25, -0.2) is 9.88 Å². The molecule has 2 amide bonds. The molecule has 1 aromatic carbocycles. The Morgan fingerprint density at radius 3 is 2.52 bits per heavy atom. The summed E-state index contributed by atoms with van der Waals surface area (Å²) < 4.78 is 2.01. The average molecular weight is 342 g/mol. The van der Waals surface area contributed by atoms with E-state index in [1.54, 1.807) is 23.1 Å². The third-order valence-electron chi connectivity index (χ3n) is 5.26. The number of thiazole rings is 1. The van der Waals surface area contributed by atoms with Crippen LogP contribution in [0.2, 0.25) is 0 Å². The number of carbonyl (C=O) groups excluding carboxylic acids is 2. The van der Waals surface area contributed by atoms with Gasteiger partial charge in [-0.15, -0.1) is 11.3 Å². The summed E-state index contributed by atoms with van der Waals surface area (Å²) >= 11 is 3.21. The molecule has 4 atom stereocenters. The first kappa shape index (κ1) is 13.7. The normalized spacial score (nSPS) is 31.6. The minimum absolute atomic E-state index is 0.0224. The van der Waals surface area contributed by atoms with Gasteiger partial charge in [-0.05, 0) is 42.7 Å². The predicted octanol–water partition coefficient (Wildman–Crippen LogP) is 3.33. The van der Waals surface area contributed by atoms with Crippen LogP contribution in [0.15, 0.2) is 34.7 Å². The van der Waals surface area contributed by atoms with Crippen LogP contribution in [0.4, 0.5) is 5.69 Å². The van der Waals surface area contributed by atoms with Crippen molar-refractivity contribution in [3.63, 3.8) is 0 Å². The first-order chi connectivity index (χ1) is 11.2. The standard InChI is InChI=1S/C17H14N2O2S2/c1-22-17-18-11-5-4-10(7-12(11)23-17)19-15(20)13-8-2-3-9(6-8)14(13)16(19)21/h2-5,7-9,13-14H,6H2,1H3. The van der Waals surface area contributed by atoms with Crippen LogP contribution in [0.5, 0.6) is 0 Å². The highest BCUT2D eigenvalue weighted by Crippen LogP contribution is 2.53. The summed E-state index contributed by atoms with van der Waals surface area (Å²) in [5, 5.41) is 0. The van der Waals surface area contributed by atoms with E-state index in [4.69, 9.17) is 0 Å². The van der Waals surface area contributed by atoms with E-state index in [0.717, 1.165) is 21.0 Å². The molecule has 0 radical (unpaired) electrons. The van der Waals surface area contributed by atoms with Crippen molar-refractivity contribution in [3.05, 3.63) is 30.4 Å². The lowest BCUT2D eigenvalue weighted by Crippen LogP contribution is -2.32. The lowest BCUT2D eigenvalue weighted by Gasteiger charge is -2.17. The Morgan fingerprint density at radius 2 is 1.87 bits per heavy atom. The Hall–Kier alpha value is -1.66. The summed E-state index contributed by atoms with van der Waals surface area (Å²) in [5.74, 6) is 0.174. The summed E-state index contributed by atoms with van der Waals surface area (Å²) in [6.07, 6.45) is 7.21. The van der Waals surface area contributed by atoms with Gasteiger partial charge in [0.25, 0.3) is 0 Å². The number of imide groups is 1. The van der Waals surface area contributed by atoms with E-state index in [2.05, 4.69) is 17.1 Å². The first-order valence-corrected chi connectivity index (χ1v) is 9.72. The molecule has 6 heteroatoms. The molecular formula is C17H14N2O2S2. The van der Waals surface area contributed by atoms with Crippen LogP contribution in [0.3, 0.4) is 0 Å². The fraction of sp³-hybridized carbons (Fsp3) is 0.353. The molecule has 0 spiro atoms. The zero-order valence-corrected chi connectivity index (χ0v) is 14.1. The number of nitrogens with zero attached hydrogens (tertiary/aromatic N) is 2. The third-order valence-corrected chi connectivity index (χ3v) is 7.26. The number of anilines is 1. The summed E-state index contributed by atoms with van der Waals surface area (Å²) in [5.41, 5.74) is 1.61. The highest BCUT2D eigenvalue weighted by Gasteiger charge is 2.59. The lowest BCUT2D eigenvalue weighted by atomic mass is 9.85. The molecule has 2 aromatic rings. The van der Waals surface area contributed by atoms with Gasteiger partial charge in [-0.2, -0.15) is 0 Å². The molecule has 4 unspecified atom stereocenters. The number of fused-ring (bicyclic) bond motifs is 6. The average Bonchev–Trinajstić information content (AvgIpc) is 3.29. The Bertz CT molecular complexity index is 858. The van der Waals surface area contributed by atoms with Crippen LogP contribution < -0.4 is 4.90 Å². The van der Waals surface area contributed by atoms with Gasteiger partial charge in [0, 0.05) is 0 Å². The van der Waals surface area contributed by atoms with Crippen LogP contribution in [-0.2, 0) is 9.59 Å². The van der Waals surface area contributed by atoms with Gasteiger partial charge < -0.3 is 0 Å². The number of allylic oxidation sites excluding steroid dienone is 2. The van der Waals surface area contributed by atoms with Gasteiger partial charge >= 0.3 is 0 Å². The monoisotopic (exact) mass is 342 g/mol. The second-order valence-corrected chi connectivity index (χ2v) is 8.43. The number of amides is 2. The van der Waals surface area contributed by atoms with Crippen molar-refractivity contribution in [1.29, 1.82) is 0 Å². The fourth-order valence-corrected chi connectivity index (χ4v) is 5.80. The molecular weight excluding hydrogens is 328 g/mol. The maximum Gasteiger partial charge on any atom is 0.238 e. The molecule has 5 rings (SSSR count). The van der Waals surface area contributed by atoms with Crippen molar-refractivity contribution in [2.75, 3.05) is 11.2 Å². The lowest BCUT2D eigenvalue weighted by molar-refractivity contribution is -0.123. The van der Waals surface area contributed by atoms with Crippen molar-refractivity contribution < 1.29 is 9.59 Å². The Morgan fingerprint density at radius 1 is 1.17 bits per heavy atom. The number of benzene rings is 1. The van der Waals surface area contributed by atoms with Gasteiger partial charge in [-0.3, -0.25) is 9.59 Å². The molecule has 0 N–H and O–H groups in total. The molecule has 1 aromatic heterocycles. The summed E-state index contributed by atoms with van der Waals surface area (Å²) in [4.78, 5) is 31.6. The minimum atomic E-state index is -0.142. The Kier molecular flexibility index (Phi) is 2.79. The number of rotatable bonds is 2. The SMILES string of the molecule is CSc1nc2ccc(N3C(=O)C4C5C=CC(C5)C4C3=O)cc2s1. The maximum absolute atomic E-state index is 12.8. The molecule has 116 valence electrons. The molecule has 23 heavy (non-hydrogen) atoms. The van der Waals surface area contributed by atoms with E-state index < -0.39 is 0 Å². The van der Waals surface area contributed by atoms with Gasteiger partial charge in [0.15, 0.2) is 4.34 Å². The smallest absolute Gasteiger partial charge is 0.238 e. The van der Waals surface area contributed by atoms with Crippen LogP contribution in [0.1, 0.15) is 6.42 Å². The van der Waals surface area contributed by atoms with Gasteiger partial charge in [-0.1, -0.05) is 23.9 Å². The zero-order valence-electron chi connectivity index (χ0n) is 12.4. The number of hydrogen-bond acceptors (Lipinski definition) is 5. The molecule has 1 saturated heterocycles. The predicted molar refractivity (Wildman–Crippen MR) is 91.6 cm³/mol. The van der Waals surface area contributed by atoms with E-state index in [9.17, 15) is 9.59 Å². The molecule has 2 aliphatic carbocycles. The number of aromatic nitrogens is 1. The third kappa shape index (κ3) is 1.76. The minimum Gasteiger partial charge on any atom is -0.274 e. The maximum atomic E-state index is 12.8. The largest absolute Gasteiger partial charge is 0.274 e. The Labute approximate surface area is 141 Å². The van der Waals surface area contributed by atoms with Crippen molar-refractivity contribution in [2.24, 2.45) is 23.7 Å². The van der Waals surface area contributed by atoms with E-state index in [-0.39, 0.29) is 35.5 Å². The molecule has 2 heterocycles. The zero-order chi connectivity index (χ0) is 15.7. The molecule has 2 bridgehead atoms. The van der Waals surface area contributed by atoms with E-state index in [1.807, 2.05) is 24.5 Å². The Balaban J connectivity index is 1.57. The highest BCUT2D eigenvalue weighted by molar-refractivity contribution is 8.00. The van der Waals surface area contributed by atoms with Crippen molar-refractivity contribution in [2.45, 2.75) is 10.8 Å². The second kappa shape index (κ2) is 4.68. The van der Waals surface area contributed by atoms with Crippen LogP contribution in [0.25, 0.3) is 10.2 Å². The van der Waals surface area contributed by atoms with Crippen LogP contribution in [-0.4, -0.2) is 23.1 Å². The molecule has 1 saturated carbocycles. The highest BCUT2D eigenvalue weighted by atomic mass is 32.2. The van der Waals surface area contributed by atoms with Gasteiger partial charge in [0.05, 0.1) is 27.7 Å². The van der Waals surface area contributed by atoms with E-state index >= 15 is 0 Å². The summed E-state index contributed by atoms with van der Waals surface area (Å²) in [6, 6.07) is 5.68. The molecule has 3 aliphatic rings. The van der Waals surface area contributed by atoms with Crippen LogP contribution >= 0.6 is 23.1 Å². The van der Waals surface area contributed by atoms with E-state index in [0.29, 0.717) is 5.69 Å². The quantitative estimate of drug-likeness (QED) is 0.477. The molecule has 2 fully saturated rings.